The summed E-state index contributed by atoms with van der Waals surface area (Å²) in [7, 11) is 0. The van der Waals surface area contributed by atoms with Crippen molar-refractivity contribution in [3.05, 3.63) is 70.9 Å². The number of hydrogen-bond acceptors (Lipinski definition) is 5. The first-order valence-corrected chi connectivity index (χ1v) is 10.3. The van der Waals surface area contributed by atoms with Crippen molar-refractivity contribution in [3.63, 3.8) is 0 Å². The zero-order valence-electron chi connectivity index (χ0n) is 15.8. The number of carbonyl (C=O) groups is 2. The second-order valence-electron chi connectivity index (χ2n) is 7.07. The van der Waals surface area contributed by atoms with Crippen LogP contribution in [-0.2, 0) is 9.53 Å². The average molecular weight is 394 g/mol. The van der Waals surface area contributed by atoms with Crippen molar-refractivity contribution < 1.29 is 14.3 Å². The van der Waals surface area contributed by atoms with E-state index in [-0.39, 0.29) is 23.7 Å². The van der Waals surface area contributed by atoms with E-state index in [2.05, 4.69) is 16.4 Å². The summed E-state index contributed by atoms with van der Waals surface area (Å²) < 4.78 is 5.31. The number of nitrogens with one attached hydrogen (secondary N) is 2. The van der Waals surface area contributed by atoms with E-state index in [9.17, 15) is 9.59 Å². The number of fused-ring (bicyclic) bond motifs is 1. The minimum Gasteiger partial charge on any atom is -0.456 e. The molecule has 2 atom stereocenters. The Balaban J connectivity index is 1.37. The molecule has 3 aromatic rings. The lowest BCUT2D eigenvalue weighted by atomic mass is 10.0. The number of aromatic amines is 1. The number of Topliss-reactive ketones (excluding diaryl/α,β-unsaturated/α-hetero) is 1. The molecule has 2 N–H and O–H groups in total. The normalized spacial score (nSPS) is 19.1. The molecule has 1 fully saturated rings. The summed E-state index contributed by atoms with van der Waals surface area (Å²) in [5, 5.41) is 4.50. The van der Waals surface area contributed by atoms with Crippen LogP contribution in [0.4, 0.5) is 0 Å². The van der Waals surface area contributed by atoms with Crippen LogP contribution in [0.25, 0.3) is 10.9 Å². The maximum absolute atomic E-state index is 12.5. The van der Waals surface area contributed by atoms with E-state index in [1.165, 1.54) is 0 Å². The van der Waals surface area contributed by atoms with E-state index >= 15 is 0 Å². The summed E-state index contributed by atoms with van der Waals surface area (Å²) in [6.45, 7) is 3.64. The molecule has 2 aromatic carbocycles. The summed E-state index contributed by atoms with van der Waals surface area (Å²) in [6, 6.07) is 13.4. The van der Waals surface area contributed by atoms with Crippen molar-refractivity contribution in [2.45, 2.75) is 25.3 Å². The third-order valence-electron chi connectivity index (χ3n) is 5.01. The Kier molecular flexibility index (Phi) is 5.24. The van der Waals surface area contributed by atoms with Gasteiger partial charge >= 0.3 is 5.97 Å². The number of esters is 1. The maximum Gasteiger partial charge on any atom is 0.324 e. The highest BCUT2D eigenvalue weighted by molar-refractivity contribution is 7.99. The predicted molar refractivity (Wildman–Crippen MR) is 112 cm³/mol. The molecule has 0 unspecified atom stereocenters. The number of carbonyl (C=O) groups excluding carboxylic acids is 2. The van der Waals surface area contributed by atoms with Crippen LogP contribution in [0.3, 0.4) is 0 Å². The molecule has 0 amide bonds. The first kappa shape index (κ1) is 18.8. The zero-order chi connectivity index (χ0) is 19.7. The molecule has 1 aliphatic heterocycles. The molecule has 1 saturated heterocycles. The molecule has 0 bridgehead atoms. The van der Waals surface area contributed by atoms with E-state index in [0.29, 0.717) is 11.3 Å². The Bertz CT molecular complexity index is 1040. The van der Waals surface area contributed by atoms with Crippen LogP contribution in [0, 0.1) is 13.8 Å². The van der Waals surface area contributed by atoms with Crippen molar-refractivity contribution in [2.24, 2.45) is 0 Å². The number of hydrogen-bond donors (Lipinski definition) is 2. The van der Waals surface area contributed by atoms with E-state index in [4.69, 9.17) is 4.74 Å². The van der Waals surface area contributed by atoms with E-state index in [0.717, 1.165) is 27.6 Å². The van der Waals surface area contributed by atoms with Crippen LogP contribution in [0.1, 0.15) is 32.4 Å². The topological polar surface area (TPSA) is 71.2 Å². The minimum absolute atomic E-state index is 0.0205. The van der Waals surface area contributed by atoms with E-state index in [1.807, 2.05) is 50.4 Å². The number of thioether (sulfide) groups is 1. The maximum atomic E-state index is 12.5. The molecule has 0 radical (unpaired) electrons. The average Bonchev–Trinajstić information content (AvgIpc) is 3.35. The number of aryl methyl sites for hydroxylation is 2. The zero-order valence-corrected chi connectivity index (χ0v) is 16.6. The molecule has 2 heterocycles. The van der Waals surface area contributed by atoms with Gasteiger partial charge in [-0.15, -0.1) is 11.8 Å². The second kappa shape index (κ2) is 7.81. The molecular formula is C22H22N2O3S. The first-order valence-electron chi connectivity index (χ1n) is 9.23. The Hall–Kier alpha value is -2.57. The third kappa shape index (κ3) is 3.70. The van der Waals surface area contributed by atoms with Gasteiger partial charge in [0.15, 0.2) is 6.61 Å². The van der Waals surface area contributed by atoms with Gasteiger partial charge in [0.1, 0.15) is 6.04 Å². The quantitative estimate of drug-likeness (QED) is 0.507. The van der Waals surface area contributed by atoms with Crippen LogP contribution >= 0.6 is 11.8 Å². The number of ether oxygens (including phenoxy) is 1. The number of rotatable bonds is 5. The highest BCUT2D eigenvalue weighted by atomic mass is 32.2. The van der Waals surface area contributed by atoms with Gasteiger partial charge in [-0.1, -0.05) is 35.9 Å². The Morgan fingerprint density at radius 2 is 2.04 bits per heavy atom. The number of H-pyrrole nitrogens is 1. The molecule has 5 nitrogen and oxygen atoms in total. The lowest BCUT2D eigenvalue weighted by molar-refractivity contribution is -0.144. The molecule has 0 saturated carbocycles. The Labute approximate surface area is 167 Å². The molecule has 4 rings (SSSR count). The van der Waals surface area contributed by atoms with Gasteiger partial charge in [-0.25, -0.2) is 0 Å². The lowest BCUT2D eigenvalue weighted by Gasteiger charge is -2.14. The molecule has 0 spiro atoms. The van der Waals surface area contributed by atoms with Gasteiger partial charge in [-0.2, -0.15) is 0 Å². The molecule has 6 heteroatoms. The van der Waals surface area contributed by atoms with Gasteiger partial charge < -0.3 is 9.72 Å². The number of ketones is 1. The molecule has 28 heavy (non-hydrogen) atoms. The van der Waals surface area contributed by atoms with Crippen molar-refractivity contribution in [2.75, 3.05) is 12.4 Å². The first-order chi connectivity index (χ1) is 13.5. The summed E-state index contributed by atoms with van der Waals surface area (Å²) >= 11 is 1.67. The van der Waals surface area contributed by atoms with Crippen LogP contribution in [0.2, 0.25) is 0 Å². The highest BCUT2D eigenvalue weighted by Crippen LogP contribution is 2.36. The molecule has 144 valence electrons. The van der Waals surface area contributed by atoms with Gasteiger partial charge in [-0.05, 0) is 37.1 Å². The largest absolute Gasteiger partial charge is 0.456 e. The molecule has 0 aliphatic carbocycles. The number of aromatic nitrogens is 1. The SMILES string of the molecule is Cc1ccc(C(=O)COC(=O)[C@H]2CS[C@H](c3cccc4[nH]ccc34)N2)c(C)c1. The standard InChI is InChI=1S/C22H22N2O3S/c1-13-6-7-15(14(2)10-13)20(25)11-27-22(26)19-12-28-21(24-19)17-4-3-5-18-16(17)8-9-23-18/h3-10,19,21,23-24H,11-12H2,1-2H3/t19-,21-/m1/s1. The highest BCUT2D eigenvalue weighted by Gasteiger charge is 2.32. The molecular weight excluding hydrogens is 372 g/mol. The fourth-order valence-electron chi connectivity index (χ4n) is 3.57. The van der Waals surface area contributed by atoms with Gasteiger partial charge in [0.05, 0.1) is 5.37 Å². The van der Waals surface area contributed by atoms with Crippen molar-refractivity contribution in [1.29, 1.82) is 0 Å². The van der Waals surface area contributed by atoms with Gasteiger partial charge in [0.25, 0.3) is 0 Å². The van der Waals surface area contributed by atoms with E-state index in [1.54, 1.807) is 17.8 Å². The van der Waals surface area contributed by atoms with Gasteiger partial charge in [-0.3, -0.25) is 14.9 Å². The summed E-state index contributed by atoms with van der Waals surface area (Å²) in [5.41, 5.74) is 4.82. The minimum atomic E-state index is -0.420. The molecule has 1 aliphatic rings. The van der Waals surface area contributed by atoms with Gasteiger partial charge in [0.2, 0.25) is 5.78 Å². The van der Waals surface area contributed by atoms with Crippen molar-refractivity contribution in [1.82, 2.24) is 10.3 Å². The smallest absolute Gasteiger partial charge is 0.324 e. The van der Waals surface area contributed by atoms with Crippen LogP contribution in [0.15, 0.2) is 48.7 Å². The van der Waals surface area contributed by atoms with Gasteiger partial charge in [0, 0.05) is 28.4 Å². The summed E-state index contributed by atoms with van der Waals surface area (Å²) in [6.07, 6.45) is 1.91. The van der Waals surface area contributed by atoms with Crippen LogP contribution in [-0.4, -0.2) is 35.1 Å². The Morgan fingerprint density at radius 1 is 1.18 bits per heavy atom. The monoisotopic (exact) mass is 394 g/mol. The van der Waals surface area contributed by atoms with Crippen LogP contribution < -0.4 is 5.32 Å². The van der Waals surface area contributed by atoms with E-state index < -0.39 is 6.04 Å². The lowest BCUT2D eigenvalue weighted by Crippen LogP contribution is -2.36. The third-order valence-corrected chi connectivity index (χ3v) is 6.25. The second-order valence-corrected chi connectivity index (χ2v) is 8.21. The fourth-order valence-corrected chi connectivity index (χ4v) is 4.83. The summed E-state index contributed by atoms with van der Waals surface area (Å²) in [5.74, 6) is 0.0571. The number of benzene rings is 2. The van der Waals surface area contributed by atoms with Crippen molar-refractivity contribution in [3.8, 4) is 0 Å². The summed E-state index contributed by atoms with van der Waals surface area (Å²) in [4.78, 5) is 28.1. The molecule has 1 aromatic heterocycles. The fraction of sp³-hybridized carbons (Fsp3) is 0.273. The predicted octanol–water partition coefficient (Wildman–Crippen LogP) is 3.91. The Morgan fingerprint density at radius 3 is 2.86 bits per heavy atom. The van der Waals surface area contributed by atoms with Crippen molar-refractivity contribution >= 4 is 34.4 Å². The van der Waals surface area contributed by atoms with Crippen LogP contribution in [0.5, 0.6) is 0 Å².